The summed E-state index contributed by atoms with van der Waals surface area (Å²) in [5.41, 5.74) is 1.66. The molecule has 0 aliphatic rings. The van der Waals surface area contributed by atoms with Crippen LogP contribution in [0.2, 0.25) is 0 Å². The van der Waals surface area contributed by atoms with Gasteiger partial charge in [0, 0.05) is 6.20 Å². The quantitative estimate of drug-likeness (QED) is 0.722. The third kappa shape index (κ3) is 3.04. The lowest BCUT2D eigenvalue weighted by Gasteiger charge is -2.34. The first kappa shape index (κ1) is 14.7. The Hall–Kier alpha value is -1.75. The van der Waals surface area contributed by atoms with Gasteiger partial charge < -0.3 is 10.2 Å². The predicted octanol–water partition coefficient (Wildman–Crippen LogP) is 1.41. The van der Waals surface area contributed by atoms with Gasteiger partial charge in [0.05, 0.1) is 12.1 Å². The molecular formula is C16H21N2O2+. The molecule has 0 bridgehead atoms. The van der Waals surface area contributed by atoms with E-state index in [1.807, 2.05) is 55.5 Å². The van der Waals surface area contributed by atoms with Crippen LogP contribution < -0.4 is 4.90 Å². The van der Waals surface area contributed by atoms with E-state index in [-0.39, 0.29) is 12.5 Å². The Balaban J connectivity index is 2.43. The summed E-state index contributed by atoms with van der Waals surface area (Å²) >= 11 is 0. The first-order valence-corrected chi connectivity index (χ1v) is 6.84. The molecule has 1 aromatic heterocycles. The van der Waals surface area contributed by atoms with E-state index < -0.39 is 5.91 Å². The van der Waals surface area contributed by atoms with Gasteiger partial charge in [-0.25, -0.2) is 4.90 Å². The van der Waals surface area contributed by atoms with Crippen molar-refractivity contribution in [2.45, 2.75) is 32.2 Å². The van der Waals surface area contributed by atoms with Gasteiger partial charge in [-0.1, -0.05) is 31.2 Å². The van der Waals surface area contributed by atoms with Crippen molar-refractivity contribution in [1.82, 2.24) is 4.98 Å². The van der Waals surface area contributed by atoms with E-state index in [1.54, 1.807) is 13.1 Å². The Morgan fingerprint density at radius 1 is 1.10 bits per heavy atom. The molecule has 20 heavy (non-hydrogen) atoms. The Morgan fingerprint density at radius 2 is 1.75 bits per heavy atom. The summed E-state index contributed by atoms with van der Waals surface area (Å²) in [5.74, 6) is -1.84. The topological polar surface area (TPSA) is 57.8 Å². The van der Waals surface area contributed by atoms with E-state index in [9.17, 15) is 10.2 Å². The minimum Gasteiger partial charge on any atom is -0.319 e. The number of rotatable bonds is 5. The smallest absolute Gasteiger partial charge is 0.317 e. The normalized spacial score (nSPS) is 14.8. The van der Waals surface area contributed by atoms with Crippen LogP contribution in [0.25, 0.3) is 0 Å². The highest BCUT2D eigenvalue weighted by molar-refractivity contribution is 5.29. The second kappa shape index (κ2) is 6.13. The van der Waals surface area contributed by atoms with Gasteiger partial charge in [-0.15, -0.1) is 0 Å². The van der Waals surface area contributed by atoms with E-state index in [0.29, 0.717) is 4.90 Å². The number of nitrogens with zero attached hydrogens (tertiary/aromatic N) is 1. The molecule has 4 nitrogen and oxygen atoms in total. The van der Waals surface area contributed by atoms with Crippen molar-refractivity contribution in [2.75, 3.05) is 0 Å². The standard InChI is InChI=1S/C16H20N2O2/c1-3-16(19,20)18(14-9-5-4-6-10-14)13(2)15-11-7-8-12-17-15/h4-13,19-20H,3H2,1-2H3/p+1. The summed E-state index contributed by atoms with van der Waals surface area (Å²) in [6.45, 7) is 3.70. The Morgan fingerprint density at radius 3 is 2.30 bits per heavy atom. The van der Waals surface area contributed by atoms with Crippen LogP contribution in [0.1, 0.15) is 32.0 Å². The number of benzene rings is 1. The molecular weight excluding hydrogens is 252 g/mol. The molecule has 0 amide bonds. The maximum absolute atomic E-state index is 10.4. The van der Waals surface area contributed by atoms with Crippen LogP contribution in [0.3, 0.4) is 0 Å². The van der Waals surface area contributed by atoms with Crippen LogP contribution in [-0.4, -0.2) is 21.1 Å². The van der Waals surface area contributed by atoms with Crippen LogP contribution in [0.4, 0.5) is 5.69 Å². The average molecular weight is 273 g/mol. The molecule has 0 aliphatic carbocycles. The fraction of sp³-hybridized carbons (Fsp3) is 0.312. The Bertz CT molecular complexity index is 529. The number of pyridine rings is 1. The summed E-state index contributed by atoms with van der Waals surface area (Å²) in [6.07, 6.45) is 1.95. The van der Waals surface area contributed by atoms with Gasteiger partial charge in [-0.3, -0.25) is 4.98 Å². The SMILES string of the molecule is CCC(O)(O)[NH+](c1ccccc1)C(C)c1ccccn1. The Kier molecular flexibility index (Phi) is 4.49. The van der Waals surface area contributed by atoms with Crippen molar-refractivity contribution < 1.29 is 15.1 Å². The molecule has 0 radical (unpaired) electrons. The molecule has 3 N–H and O–H groups in total. The zero-order chi connectivity index (χ0) is 14.6. The fourth-order valence-electron chi connectivity index (χ4n) is 2.42. The van der Waals surface area contributed by atoms with Crippen LogP contribution in [0.15, 0.2) is 54.7 Å². The van der Waals surface area contributed by atoms with E-state index in [2.05, 4.69) is 4.98 Å². The number of hydrogen-bond acceptors (Lipinski definition) is 3. The average Bonchev–Trinajstić information content (AvgIpc) is 2.49. The summed E-state index contributed by atoms with van der Waals surface area (Å²) in [7, 11) is 0. The molecule has 0 spiro atoms. The highest BCUT2D eigenvalue weighted by atomic mass is 16.5. The first-order chi connectivity index (χ1) is 9.56. The minimum atomic E-state index is -1.84. The highest BCUT2D eigenvalue weighted by Gasteiger charge is 2.40. The monoisotopic (exact) mass is 273 g/mol. The molecule has 2 unspecified atom stereocenters. The van der Waals surface area contributed by atoms with Gasteiger partial charge in [0.1, 0.15) is 11.7 Å². The van der Waals surface area contributed by atoms with E-state index in [0.717, 1.165) is 11.4 Å². The van der Waals surface area contributed by atoms with E-state index >= 15 is 0 Å². The zero-order valence-corrected chi connectivity index (χ0v) is 11.8. The van der Waals surface area contributed by atoms with Crippen molar-refractivity contribution in [2.24, 2.45) is 0 Å². The second-order valence-electron chi connectivity index (χ2n) is 4.93. The van der Waals surface area contributed by atoms with Crippen molar-refractivity contribution >= 4 is 5.69 Å². The predicted molar refractivity (Wildman–Crippen MR) is 77.2 cm³/mol. The van der Waals surface area contributed by atoms with Gasteiger partial charge in [-0.2, -0.15) is 0 Å². The second-order valence-corrected chi connectivity index (χ2v) is 4.93. The van der Waals surface area contributed by atoms with Crippen LogP contribution in [-0.2, 0) is 0 Å². The molecule has 0 fully saturated rings. The molecule has 0 saturated carbocycles. The summed E-state index contributed by atoms with van der Waals surface area (Å²) in [6, 6.07) is 15.0. The number of aliphatic hydroxyl groups is 2. The molecule has 1 aromatic carbocycles. The molecule has 4 heteroatoms. The van der Waals surface area contributed by atoms with E-state index in [1.165, 1.54) is 0 Å². The van der Waals surface area contributed by atoms with E-state index in [4.69, 9.17) is 0 Å². The van der Waals surface area contributed by atoms with Gasteiger partial charge in [0.25, 0.3) is 0 Å². The third-order valence-corrected chi connectivity index (χ3v) is 3.57. The molecule has 2 atom stereocenters. The largest absolute Gasteiger partial charge is 0.319 e. The molecule has 2 aromatic rings. The fourth-order valence-corrected chi connectivity index (χ4v) is 2.42. The van der Waals surface area contributed by atoms with Crippen LogP contribution >= 0.6 is 0 Å². The Labute approximate surface area is 119 Å². The van der Waals surface area contributed by atoms with Gasteiger partial charge >= 0.3 is 5.91 Å². The third-order valence-electron chi connectivity index (χ3n) is 3.57. The molecule has 2 rings (SSSR count). The summed E-state index contributed by atoms with van der Waals surface area (Å²) < 4.78 is 0. The van der Waals surface area contributed by atoms with Crippen molar-refractivity contribution in [3.05, 3.63) is 60.4 Å². The highest BCUT2D eigenvalue weighted by Crippen LogP contribution is 2.14. The molecule has 106 valence electrons. The molecule has 0 aliphatic heterocycles. The van der Waals surface area contributed by atoms with Crippen molar-refractivity contribution in [3.63, 3.8) is 0 Å². The summed E-state index contributed by atoms with van der Waals surface area (Å²) in [4.78, 5) is 4.91. The first-order valence-electron chi connectivity index (χ1n) is 6.84. The number of quaternary nitrogens is 1. The number of nitrogens with one attached hydrogen (secondary N) is 1. The number of hydrogen-bond donors (Lipinski definition) is 3. The summed E-state index contributed by atoms with van der Waals surface area (Å²) in [5, 5.41) is 20.7. The number of aromatic nitrogens is 1. The zero-order valence-electron chi connectivity index (χ0n) is 11.8. The lowest BCUT2D eigenvalue weighted by Crippen LogP contribution is -3.16. The maximum Gasteiger partial charge on any atom is 0.317 e. The minimum absolute atomic E-state index is 0.173. The van der Waals surface area contributed by atoms with Crippen molar-refractivity contribution in [3.8, 4) is 0 Å². The lowest BCUT2D eigenvalue weighted by atomic mass is 10.1. The maximum atomic E-state index is 10.4. The van der Waals surface area contributed by atoms with Gasteiger partial charge in [0.2, 0.25) is 0 Å². The van der Waals surface area contributed by atoms with Crippen LogP contribution in [0, 0.1) is 0 Å². The molecule has 1 heterocycles. The van der Waals surface area contributed by atoms with Crippen molar-refractivity contribution in [1.29, 1.82) is 0 Å². The molecule has 0 saturated heterocycles. The van der Waals surface area contributed by atoms with Gasteiger partial charge in [-0.05, 0) is 31.2 Å². The van der Waals surface area contributed by atoms with Crippen LogP contribution in [0.5, 0.6) is 0 Å². The number of para-hydroxylation sites is 1. The lowest BCUT2D eigenvalue weighted by molar-refractivity contribution is -0.978. The van der Waals surface area contributed by atoms with Gasteiger partial charge in [0.15, 0.2) is 0 Å².